The summed E-state index contributed by atoms with van der Waals surface area (Å²) in [6.07, 6.45) is 1.94. The van der Waals surface area contributed by atoms with E-state index in [1.807, 2.05) is 25.7 Å². The Balaban J connectivity index is 2.45. The first kappa shape index (κ1) is 12.5. The van der Waals surface area contributed by atoms with Crippen LogP contribution in [0.2, 0.25) is 0 Å². The number of amides is 1. The summed E-state index contributed by atoms with van der Waals surface area (Å²) in [6, 6.07) is -0.195. The fraction of sp³-hybridized carbons (Fsp3) is 0.909. The normalized spacial score (nSPS) is 19.7. The van der Waals surface area contributed by atoms with Gasteiger partial charge in [-0.15, -0.1) is 0 Å². The highest BCUT2D eigenvalue weighted by atomic mass is 16.3. The van der Waals surface area contributed by atoms with E-state index < -0.39 is 0 Å². The minimum Gasteiger partial charge on any atom is -0.394 e. The Labute approximate surface area is 91.6 Å². The molecule has 0 aromatic heterocycles. The first-order chi connectivity index (χ1) is 7.08. The molecular formula is C11H22N2O2. The summed E-state index contributed by atoms with van der Waals surface area (Å²) >= 11 is 0. The predicted molar refractivity (Wildman–Crippen MR) is 59.6 cm³/mol. The topological polar surface area (TPSA) is 52.6 Å². The van der Waals surface area contributed by atoms with Gasteiger partial charge in [0.2, 0.25) is 5.91 Å². The van der Waals surface area contributed by atoms with Gasteiger partial charge in [0.15, 0.2) is 0 Å². The van der Waals surface area contributed by atoms with Gasteiger partial charge in [0, 0.05) is 18.6 Å². The van der Waals surface area contributed by atoms with Gasteiger partial charge >= 0.3 is 0 Å². The van der Waals surface area contributed by atoms with Crippen molar-refractivity contribution in [1.82, 2.24) is 10.2 Å². The van der Waals surface area contributed by atoms with Crippen LogP contribution >= 0.6 is 0 Å². The molecule has 1 rings (SSSR count). The zero-order chi connectivity index (χ0) is 11.5. The molecule has 0 aromatic carbocycles. The summed E-state index contributed by atoms with van der Waals surface area (Å²) in [4.78, 5) is 13.7. The van der Waals surface area contributed by atoms with Crippen LogP contribution in [0.5, 0.6) is 0 Å². The number of carbonyl (C=O) groups is 1. The van der Waals surface area contributed by atoms with E-state index in [9.17, 15) is 4.79 Å². The minimum absolute atomic E-state index is 0.125. The van der Waals surface area contributed by atoms with Crippen molar-refractivity contribution >= 4 is 5.91 Å². The smallest absolute Gasteiger partial charge is 0.239 e. The number of nitrogens with zero attached hydrogens (tertiary/aromatic N) is 1. The van der Waals surface area contributed by atoms with Gasteiger partial charge in [0.1, 0.15) is 0 Å². The fourth-order valence-corrected chi connectivity index (χ4v) is 1.83. The molecule has 0 aromatic rings. The zero-order valence-corrected chi connectivity index (χ0v) is 9.92. The second-order valence-corrected chi connectivity index (χ2v) is 4.31. The fourth-order valence-electron chi connectivity index (χ4n) is 1.83. The molecule has 88 valence electrons. The highest BCUT2D eigenvalue weighted by molar-refractivity contribution is 5.81. The number of nitrogens with one attached hydrogen (secondary N) is 1. The van der Waals surface area contributed by atoms with Crippen LogP contribution < -0.4 is 5.32 Å². The monoisotopic (exact) mass is 214 g/mol. The summed E-state index contributed by atoms with van der Waals surface area (Å²) in [7, 11) is 0. The summed E-state index contributed by atoms with van der Waals surface area (Å²) in [5, 5.41) is 12.4. The number of aliphatic hydroxyl groups is 1. The van der Waals surface area contributed by atoms with Crippen LogP contribution in [0.4, 0.5) is 0 Å². The van der Waals surface area contributed by atoms with Crippen LogP contribution in [-0.2, 0) is 4.79 Å². The van der Waals surface area contributed by atoms with E-state index in [-0.39, 0.29) is 24.1 Å². The Kier molecular flexibility index (Phi) is 4.11. The average molecular weight is 214 g/mol. The van der Waals surface area contributed by atoms with Crippen LogP contribution in [0.3, 0.4) is 0 Å². The number of rotatable bonds is 6. The molecule has 4 nitrogen and oxygen atoms in total. The van der Waals surface area contributed by atoms with Crippen LogP contribution in [0, 0.1) is 0 Å². The molecule has 1 aliphatic carbocycles. The molecule has 0 saturated heterocycles. The lowest BCUT2D eigenvalue weighted by Gasteiger charge is -2.26. The molecule has 15 heavy (non-hydrogen) atoms. The van der Waals surface area contributed by atoms with Gasteiger partial charge in [0.05, 0.1) is 12.6 Å². The largest absolute Gasteiger partial charge is 0.394 e. The summed E-state index contributed by atoms with van der Waals surface area (Å²) in [6.45, 7) is 7.44. The molecule has 0 heterocycles. The van der Waals surface area contributed by atoms with Crippen molar-refractivity contribution in [2.75, 3.05) is 19.7 Å². The summed E-state index contributed by atoms with van der Waals surface area (Å²) in [5.74, 6) is 0.125. The highest BCUT2D eigenvalue weighted by Gasteiger charge is 2.43. The second-order valence-electron chi connectivity index (χ2n) is 4.31. The molecule has 1 fully saturated rings. The lowest BCUT2D eigenvalue weighted by molar-refractivity contribution is -0.133. The van der Waals surface area contributed by atoms with E-state index in [2.05, 4.69) is 5.32 Å². The summed E-state index contributed by atoms with van der Waals surface area (Å²) in [5.41, 5.74) is -0.164. The Morgan fingerprint density at radius 2 is 2.00 bits per heavy atom. The Hall–Kier alpha value is -0.610. The van der Waals surface area contributed by atoms with Crippen LogP contribution in [0.1, 0.15) is 33.6 Å². The van der Waals surface area contributed by atoms with E-state index in [0.29, 0.717) is 0 Å². The lowest BCUT2D eigenvalue weighted by atomic mass is 10.2. The molecule has 2 N–H and O–H groups in total. The summed E-state index contributed by atoms with van der Waals surface area (Å²) < 4.78 is 0. The van der Waals surface area contributed by atoms with E-state index in [1.54, 1.807) is 0 Å². The molecule has 0 spiro atoms. The van der Waals surface area contributed by atoms with E-state index in [0.717, 1.165) is 25.9 Å². The molecule has 0 aliphatic heterocycles. The van der Waals surface area contributed by atoms with Gasteiger partial charge in [-0.3, -0.25) is 10.1 Å². The maximum Gasteiger partial charge on any atom is 0.239 e. The molecule has 1 aliphatic rings. The third-order valence-electron chi connectivity index (χ3n) is 3.12. The molecule has 4 heteroatoms. The second kappa shape index (κ2) is 4.94. The third kappa shape index (κ3) is 2.92. The molecular weight excluding hydrogens is 192 g/mol. The lowest BCUT2D eigenvalue weighted by Crippen LogP contribution is -2.50. The molecule has 0 radical (unpaired) electrons. The van der Waals surface area contributed by atoms with E-state index in [1.165, 1.54) is 0 Å². The van der Waals surface area contributed by atoms with Crippen molar-refractivity contribution in [3.63, 3.8) is 0 Å². The van der Waals surface area contributed by atoms with Gasteiger partial charge in [-0.05, 0) is 33.6 Å². The predicted octanol–water partition coefficient (Wildman–Crippen LogP) is 0.358. The number of aliphatic hydroxyl groups excluding tert-OH is 1. The maximum absolute atomic E-state index is 11.9. The SMILES string of the molecule is CCN(CC)C(=O)C(C)NC1(CO)CC1. The quantitative estimate of drug-likeness (QED) is 0.671. The Morgan fingerprint density at radius 3 is 2.33 bits per heavy atom. The van der Waals surface area contributed by atoms with Crippen molar-refractivity contribution in [2.45, 2.75) is 45.2 Å². The minimum atomic E-state index is -0.195. The number of carbonyl (C=O) groups excluding carboxylic acids is 1. The zero-order valence-electron chi connectivity index (χ0n) is 9.92. The van der Waals surface area contributed by atoms with Gasteiger partial charge in [0.25, 0.3) is 0 Å². The van der Waals surface area contributed by atoms with Gasteiger partial charge < -0.3 is 10.0 Å². The molecule has 1 unspecified atom stereocenters. The standard InChI is InChI=1S/C11H22N2O2/c1-4-13(5-2)10(15)9(3)12-11(8-14)6-7-11/h9,12,14H,4-8H2,1-3H3. The van der Waals surface area contributed by atoms with Gasteiger partial charge in [-0.1, -0.05) is 0 Å². The maximum atomic E-state index is 11.9. The average Bonchev–Trinajstić information content (AvgIpc) is 3.00. The van der Waals surface area contributed by atoms with Gasteiger partial charge in [-0.2, -0.15) is 0 Å². The van der Waals surface area contributed by atoms with Crippen LogP contribution in [0.25, 0.3) is 0 Å². The molecule has 1 saturated carbocycles. The number of likely N-dealkylation sites (N-methyl/N-ethyl adjacent to an activating group) is 1. The highest BCUT2D eigenvalue weighted by Crippen LogP contribution is 2.35. The Bertz CT molecular complexity index is 223. The number of hydrogen-bond donors (Lipinski definition) is 2. The third-order valence-corrected chi connectivity index (χ3v) is 3.12. The van der Waals surface area contributed by atoms with Crippen molar-refractivity contribution in [3.8, 4) is 0 Å². The first-order valence-electron chi connectivity index (χ1n) is 5.76. The van der Waals surface area contributed by atoms with E-state index >= 15 is 0 Å². The van der Waals surface area contributed by atoms with Crippen molar-refractivity contribution in [1.29, 1.82) is 0 Å². The van der Waals surface area contributed by atoms with Crippen molar-refractivity contribution < 1.29 is 9.90 Å². The number of hydrogen-bond acceptors (Lipinski definition) is 3. The van der Waals surface area contributed by atoms with Gasteiger partial charge in [-0.25, -0.2) is 0 Å². The van der Waals surface area contributed by atoms with E-state index in [4.69, 9.17) is 5.11 Å². The van der Waals surface area contributed by atoms with Crippen molar-refractivity contribution in [3.05, 3.63) is 0 Å². The van der Waals surface area contributed by atoms with Crippen LogP contribution in [0.15, 0.2) is 0 Å². The molecule has 1 amide bonds. The molecule has 1 atom stereocenters. The molecule has 0 bridgehead atoms. The van der Waals surface area contributed by atoms with Crippen LogP contribution in [-0.4, -0.2) is 47.2 Å². The first-order valence-corrected chi connectivity index (χ1v) is 5.76. The van der Waals surface area contributed by atoms with Crippen molar-refractivity contribution in [2.24, 2.45) is 0 Å². The Morgan fingerprint density at radius 1 is 1.47 bits per heavy atom.